The zero-order valence-corrected chi connectivity index (χ0v) is 8.87. The summed E-state index contributed by atoms with van der Waals surface area (Å²) in [6.07, 6.45) is 2.63. The van der Waals surface area contributed by atoms with E-state index in [0.29, 0.717) is 12.0 Å². The van der Waals surface area contributed by atoms with Crippen LogP contribution in [0.25, 0.3) is 0 Å². The Morgan fingerprint density at radius 3 is 2.71 bits per heavy atom. The van der Waals surface area contributed by atoms with E-state index in [0.717, 1.165) is 19.0 Å². The van der Waals surface area contributed by atoms with Gasteiger partial charge in [-0.1, -0.05) is 0 Å². The third-order valence-electron chi connectivity index (χ3n) is 3.32. The minimum Gasteiger partial charge on any atom is -0.370 e. The first kappa shape index (κ1) is 9.77. The molecule has 0 aromatic rings. The number of nitrogens with two attached hydrogens (primary N) is 1. The van der Waals surface area contributed by atoms with E-state index in [1.54, 1.807) is 0 Å². The lowest BCUT2D eigenvalue weighted by atomic mass is 9.84. The normalized spacial score (nSPS) is 37.2. The first-order valence-electron chi connectivity index (χ1n) is 5.58. The molecule has 3 aliphatic rings. The minimum atomic E-state index is 0.535. The van der Waals surface area contributed by atoms with Crippen LogP contribution in [0.1, 0.15) is 19.8 Å². The van der Waals surface area contributed by atoms with Crippen LogP contribution < -0.4 is 11.1 Å². The SMILES string of the molecule is CCN=C(N)NC1CN2CCC1CC2. The van der Waals surface area contributed by atoms with Crippen LogP contribution in [-0.4, -0.2) is 43.1 Å². The molecule has 1 atom stereocenters. The lowest BCUT2D eigenvalue weighted by molar-refractivity contribution is 0.0811. The van der Waals surface area contributed by atoms with E-state index < -0.39 is 0 Å². The third-order valence-corrected chi connectivity index (χ3v) is 3.32. The average Bonchev–Trinajstić information content (AvgIpc) is 2.19. The van der Waals surface area contributed by atoms with Crippen LogP contribution in [0.2, 0.25) is 0 Å². The van der Waals surface area contributed by atoms with Crippen LogP contribution in [0.4, 0.5) is 0 Å². The van der Waals surface area contributed by atoms with Gasteiger partial charge in [0.15, 0.2) is 5.96 Å². The van der Waals surface area contributed by atoms with Crippen molar-refractivity contribution < 1.29 is 0 Å². The maximum Gasteiger partial charge on any atom is 0.188 e. The largest absolute Gasteiger partial charge is 0.370 e. The van der Waals surface area contributed by atoms with E-state index in [9.17, 15) is 0 Å². The molecular formula is C10H20N4. The Balaban J connectivity index is 1.89. The van der Waals surface area contributed by atoms with Gasteiger partial charge in [-0.3, -0.25) is 4.99 Å². The van der Waals surface area contributed by atoms with Gasteiger partial charge in [-0.2, -0.15) is 0 Å². The van der Waals surface area contributed by atoms with Crippen molar-refractivity contribution >= 4 is 5.96 Å². The predicted octanol–water partition coefficient (Wildman–Crippen LogP) is 0.00480. The Morgan fingerprint density at radius 2 is 2.21 bits per heavy atom. The van der Waals surface area contributed by atoms with Crippen molar-refractivity contribution in [2.75, 3.05) is 26.2 Å². The van der Waals surface area contributed by atoms with Crippen molar-refractivity contribution in [2.24, 2.45) is 16.6 Å². The minimum absolute atomic E-state index is 0.535. The summed E-state index contributed by atoms with van der Waals surface area (Å²) in [5.74, 6) is 1.43. The van der Waals surface area contributed by atoms with Crippen molar-refractivity contribution in [1.29, 1.82) is 0 Å². The lowest BCUT2D eigenvalue weighted by Crippen LogP contribution is -2.58. The third kappa shape index (κ3) is 2.00. The smallest absolute Gasteiger partial charge is 0.188 e. The van der Waals surface area contributed by atoms with Crippen molar-refractivity contribution in [3.8, 4) is 0 Å². The second-order valence-electron chi connectivity index (χ2n) is 4.25. The van der Waals surface area contributed by atoms with Crippen molar-refractivity contribution in [3.63, 3.8) is 0 Å². The van der Waals surface area contributed by atoms with E-state index in [2.05, 4.69) is 15.2 Å². The standard InChI is InChI=1S/C10H20N4/c1-2-12-10(11)13-9-7-14-5-3-8(9)4-6-14/h8-9H,2-7H2,1H3,(H3,11,12,13). The summed E-state index contributed by atoms with van der Waals surface area (Å²) in [5.41, 5.74) is 5.77. The Kier molecular flexibility index (Phi) is 2.91. The molecule has 4 nitrogen and oxygen atoms in total. The van der Waals surface area contributed by atoms with Crippen LogP contribution in [0.5, 0.6) is 0 Å². The second-order valence-corrected chi connectivity index (χ2v) is 4.25. The van der Waals surface area contributed by atoms with Crippen LogP contribution in [-0.2, 0) is 0 Å². The van der Waals surface area contributed by atoms with Crippen LogP contribution in [0.3, 0.4) is 0 Å². The van der Waals surface area contributed by atoms with E-state index >= 15 is 0 Å². The van der Waals surface area contributed by atoms with Gasteiger partial charge < -0.3 is 16.0 Å². The quantitative estimate of drug-likeness (QED) is 0.483. The highest BCUT2D eigenvalue weighted by molar-refractivity contribution is 5.78. The summed E-state index contributed by atoms with van der Waals surface area (Å²) in [5, 5.41) is 3.34. The zero-order valence-electron chi connectivity index (χ0n) is 8.87. The Labute approximate surface area is 85.6 Å². The molecule has 2 bridgehead atoms. The summed E-state index contributed by atoms with van der Waals surface area (Å²) >= 11 is 0. The predicted molar refractivity (Wildman–Crippen MR) is 58.3 cm³/mol. The molecule has 3 saturated heterocycles. The molecule has 3 heterocycles. The topological polar surface area (TPSA) is 53.6 Å². The molecule has 3 N–H and O–H groups in total. The monoisotopic (exact) mass is 196 g/mol. The zero-order chi connectivity index (χ0) is 9.97. The molecule has 4 heteroatoms. The average molecular weight is 196 g/mol. The summed E-state index contributed by atoms with van der Waals surface area (Å²) in [6.45, 7) is 6.46. The van der Waals surface area contributed by atoms with E-state index in [4.69, 9.17) is 5.73 Å². The summed E-state index contributed by atoms with van der Waals surface area (Å²) in [7, 11) is 0. The molecule has 3 fully saturated rings. The number of hydrogen-bond donors (Lipinski definition) is 2. The molecule has 1 unspecified atom stereocenters. The lowest BCUT2D eigenvalue weighted by Gasteiger charge is -2.45. The molecule has 0 radical (unpaired) electrons. The van der Waals surface area contributed by atoms with Crippen molar-refractivity contribution in [3.05, 3.63) is 0 Å². The fourth-order valence-electron chi connectivity index (χ4n) is 2.53. The maximum absolute atomic E-state index is 5.77. The molecule has 3 aliphatic heterocycles. The first-order valence-corrected chi connectivity index (χ1v) is 5.58. The van der Waals surface area contributed by atoms with Gasteiger partial charge in [0, 0.05) is 19.1 Å². The summed E-state index contributed by atoms with van der Waals surface area (Å²) in [4.78, 5) is 6.68. The van der Waals surface area contributed by atoms with Gasteiger partial charge in [0.2, 0.25) is 0 Å². The Morgan fingerprint density at radius 1 is 1.50 bits per heavy atom. The molecule has 14 heavy (non-hydrogen) atoms. The molecule has 0 saturated carbocycles. The second kappa shape index (κ2) is 4.17. The number of nitrogens with one attached hydrogen (secondary N) is 1. The van der Waals surface area contributed by atoms with Gasteiger partial charge in [-0.05, 0) is 38.8 Å². The van der Waals surface area contributed by atoms with Gasteiger partial charge in [0.1, 0.15) is 0 Å². The van der Waals surface area contributed by atoms with E-state index in [1.807, 2.05) is 6.92 Å². The van der Waals surface area contributed by atoms with Crippen LogP contribution in [0.15, 0.2) is 4.99 Å². The number of fused-ring (bicyclic) bond motifs is 3. The molecule has 0 aromatic carbocycles. The highest BCUT2D eigenvalue weighted by atomic mass is 15.2. The van der Waals surface area contributed by atoms with E-state index in [-0.39, 0.29) is 0 Å². The first-order chi connectivity index (χ1) is 6.79. The van der Waals surface area contributed by atoms with Crippen LogP contribution in [0, 0.1) is 5.92 Å². The highest BCUT2D eigenvalue weighted by Gasteiger charge is 2.34. The molecular weight excluding hydrogens is 176 g/mol. The fourth-order valence-corrected chi connectivity index (χ4v) is 2.53. The summed E-state index contributed by atoms with van der Waals surface area (Å²) < 4.78 is 0. The van der Waals surface area contributed by atoms with Crippen molar-refractivity contribution in [2.45, 2.75) is 25.8 Å². The molecule has 0 spiro atoms. The van der Waals surface area contributed by atoms with Gasteiger partial charge in [-0.15, -0.1) is 0 Å². The van der Waals surface area contributed by atoms with Crippen molar-refractivity contribution in [1.82, 2.24) is 10.2 Å². The maximum atomic E-state index is 5.77. The molecule has 0 aromatic heterocycles. The number of guanidine groups is 1. The molecule has 0 aliphatic carbocycles. The number of aliphatic imine (C=N–C) groups is 1. The van der Waals surface area contributed by atoms with Gasteiger partial charge in [0.25, 0.3) is 0 Å². The molecule has 3 rings (SSSR count). The molecule has 0 amide bonds. The summed E-state index contributed by atoms with van der Waals surface area (Å²) in [6, 6.07) is 0.535. The van der Waals surface area contributed by atoms with Gasteiger partial charge in [0.05, 0.1) is 0 Å². The number of rotatable bonds is 2. The van der Waals surface area contributed by atoms with Crippen LogP contribution >= 0.6 is 0 Å². The Bertz CT molecular complexity index is 218. The number of piperidine rings is 3. The molecule has 80 valence electrons. The Hall–Kier alpha value is -0.770. The fraction of sp³-hybridized carbons (Fsp3) is 0.900. The number of nitrogens with zero attached hydrogens (tertiary/aromatic N) is 2. The van der Waals surface area contributed by atoms with E-state index in [1.165, 1.54) is 25.9 Å². The highest BCUT2D eigenvalue weighted by Crippen LogP contribution is 2.27. The number of hydrogen-bond acceptors (Lipinski definition) is 2. The van der Waals surface area contributed by atoms with Gasteiger partial charge in [-0.25, -0.2) is 0 Å². The van der Waals surface area contributed by atoms with Gasteiger partial charge >= 0.3 is 0 Å².